The summed E-state index contributed by atoms with van der Waals surface area (Å²) in [6.45, 7) is 7.00. The Morgan fingerprint density at radius 3 is 2.46 bits per heavy atom. The molecule has 0 bridgehead atoms. The van der Waals surface area contributed by atoms with Gasteiger partial charge in [-0.3, -0.25) is 0 Å². The molecule has 24 heavy (non-hydrogen) atoms. The van der Waals surface area contributed by atoms with Crippen molar-refractivity contribution in [3.05, 3.63) is 53.9 Å². The van der Waals surface area contributed by atoms with Gasteiger partial charge in [-0.2, -0.15) is 0 Å². The summed E-state index contributed by atoms with van der Waals surface area (Å²) in [7, 11) is 4.16. The molecule has 0 spiro atoms. The highest BCUT2D eigenvalue weighted by molar-refractivity contribution is 5.67. The van der Waals surface area contributed by atoms with Crippen molar-refractivity contribution in [3.63, 3.8) is 0 Å². The first kappa shape index (κ1) is 16.5. The standard InChI is InChI=1S/C20H25N3O/c1-14(2)24-17-8-6-16(7-9-17)20-18(13-22(4)5)23-11-10-15(3)12-19(23)21-20/h6-12,14H,13H2,1-5H3. The maximum absolute atomic E-state index is 5.74. The van der Waals surface area contributed by atoms with Gasteiger partial charge in [-0.1, -0.05) is 0 Å². The highest BCUT2D eigenvalue weighted by Gasteiger charge is 2.15. The van der Waals surface area contributed by atoms with Crippen molar-refractivity contribution in [2.45, 2.75) is 33.4 Å². The van der Waals surface area contributed by atoms with E-state index < -0.39 is 0 Å². The molecule has 3 rings (SSSR count). The Morgan fingerprint density at radius 2 is 1.83 bits per heavy atom. The van der Waals surface area contributed by atoms with Crippen molar-refractivity contribution >= 4 is 5.65 Å². The van der Waals surface area contributed by atoms with Crippen molar-refractivity contribution < 1.29 is 4.74 Å². The molecule has 0 aliphatic heterocycles. The lowest BCUT2D eigenvalue weighted by molar-refractivity contribution is 0.242. The first-order chi connectivity index (χ1) is 11.4. The minimum atomic E-state index is 0.179. The second-order valence-electron chi connectivity index (χ2n) is 6.77. The van der Waals surface area contributed by atoms with Gasteiger partial charge < -0.3 is 14.0 Å². The van der Waals surface area contributed by atoms with Crippen LogP contribution in [0.2, 0.25) is 0 Å². The number of aromatic nitrogens is 2. The van der Waals surface area contributed by atoms with Crippen LogP contribution in [0.4, 0.5) is 0 Å². The minimum absolute atomic E-state index is 0.179. The van der Waals surface area contributed by atoms with Crippen molar-refractivity contribution in [2.75, 3.05) is 14.1 Å². The summed E-state index contributed by atoms with van der Waals surface area (Å²) in [6, 6.07) is 12.5. The van der Waals surface area contributed by atoms with Crippen molar-refractivity contribution in [3.8, 4) is 17.0 Å². The second-order valence-corrected chi connectivity index (χ2v) is 6.77. The molecule has 0 amide bonds. The summed E-state index contributed by atoms with van der Waals surface area (Å²) in [4.78, 5) is 7.05. The summed E-state index contributed by atoms with van der Waals surface area (Å²) in [5.41, 5.74) is 5.56. The highest BCUT2D eigenvalue weighted by atomic mass is 16.5. The van der Waals surface area contributed by atoms with Crippen LogP contribution in [0.25, 0.3) is 16.9 Å². The Morgan fingerprint density at radius 1 is 1.12 bits per heavy atom. The van der Waals surface area contributed by atoms with Crippen LogP contribution in [0.15, 0.2) is 42.6 Å². The van der Waals surface area contributed by atoms with Crippen molar-refractivity contribution in [1.82, 2.24) is 14.3 Å². The molecule has 0 N–H and O–H groups in total. The minimum Gasteiger partial charge on any atom is -0.491 e. The van der Waals surface area contributed by atoms with Gasteiger partial charge in [0.2, 0.25) is 0 Å². The first-order valence-corrected chi connectivity index (χ1v) is 8.33. The molecule has 0 radical (unpaired) electrons. The van der Waals surface area contributed by atoms with Gasteiger partial charge >= 0.3 is 0 Å². The number of pyridine rings is 1. The van der Waals surface area contributed by atoms with Gasteiger partial charge in [0.05, 0.1) is 17.5 Å². The number of nitrogens with zero attached hydrogens (tertiary/aromatic N) is 3. The van der Waals surface area contributed by atoms with Gasteiger partial charge in [-0.15, -0.1) is 0 Å². The fraction of sp³-hybridized carbons (Fsp3) is 0.350. The lowest BCUT2D eigenvalue weighted by atomic mass is 10.1. The predicted molar refractivity (Wildman–Crippen MR) is 98.5 cm³/mol. The van der Waals surface area contributed by atoms with Crippen LogP contribution in [0, 0.1) is 6.92 Å². The van der Waals surface area contributed by atoms with E-state index in [0.29, 0.717) is 0 Å². The molecule has 0 aliphatic rings. The Bertz CT molecular complexity index is 832. The molecule has 1 aromatic carbocycles. The van der Waals surface area contributed by atoms with Gasteiger partial charge in [0.1, 0.15) is 11.4 Å². The van der Waals surface area contributed by atoms with Crippen LogP contribution in [0.3, 0.4) is 0 Å². The molecule has 126 valence electrons. The highest BCUT2D eigenvalue weighted by Crippen LogP contribution is 2.27. The van der Waals surface area contributed by atoms with Crippen LogP contribution >= 0.6 is 0 Å². The first-order valence-electron chi connectivity index (χ1n) is 8.33. The number of ether oxygens (including phenoxy) is 1. The van der Waals surface area contributed by atoms with E-state index in [1.165, 1.54) is 11.3 Å². The molecular weight excluding hydrogens is 298 g/mol. The summed E-state index contributed by atoms with van der Waals surface area (Å²) in [6.07, 6.45) is 2.29. The number of hydrogen-bond donors (Lipinski definition) is 0. The van der Waals surface area contributed by atoms with Crippen LogP contribution in [-0.2, 0) is 6.54 Å². The lowest BCUT2D eigenvalue weighted by Gasteiger charge is -2.12. The van der Waals surface area contributed by atoms with E-state index in [4.69, 9.17) is 9.72 Å². The summed E-state index contributed by atoms with van der Waals surface area (Å²) < 4.78 is 7.92. The van der Waals surface area contributed by atoms with E-state index in [1.54, 1.807) is 0 Å². The van der Waals surface area contributed by atoms with E-state index >= 15 is 0 Å². The molecule has 0 atom stereocenters. The smallest absolute Gasteiger partial charge is 0.137 e. The molecular formula is C20H25N3O. The van der Waals surface area contributed by atoms with Gasteiger partial charge in [0, 0.05) is 18.3 Å². The molecule has 4 nitrogen and oxygen atoms in total. The van der Waals surface area contributed by atoms with Crippen LogP contribution in [0.1, 0.15) is 25.1 Å². The molecule has 0 saturated heterocycles. The number of aryl methyl sites for hydroxylation is 1. The van der Waals surface area contributed by atoms with Gasteiger partial charge in [-0.05, 0) is 76.8 Å². The van der Waals surface area contributed by atoms with Crippen LogP contribution in [0.5, 0.6) is 5.75 Å². The summed E-state index contributed by atoms with van der Waals surface area (Å²) in [5.74, 6) is 0.891. The zero-order chi connectivity index (χ0) is 17.3. The average molecular weight is 323 g/mol. The zero-order valence-electron chi connectivity index (χ0n) is 15.1. The maximum atomic E-state index is 5.74. The number of hydrogen-bond acceptors (Lipinski definition) is 3. The third-order valence-corrected chi connectivity index (χ3v) is 3.85. The molecule has 0 unspecified atom stereocenters. The fourth-order valence-corrected chi connectivity index (χ4v) is 2.84. The van der Waals surface area contributed by atoms with E-state index in [0.717, 1.165) is 29.2 Å². The zero-order valence-corrected chi connectivity index (χ0v) is 15.1. The van der Waals surface area contributed by atoms with Gasteiger partial charge in [0.25, 0.3) is 0 Å². The van der Waals surface area contributed by atoms with Crippen molar-refractivity contribution in [2.24, 2.45) is 0 Å². The number of fused-ring (bicyclic) bond motifs is 1. The van der Waals surface area contributed by atoms with Crippen molar-refractivity contribution in [1.29, 1.82) is 0 Å². The van der Waals surface area contributed by atoms with Gasteiger partial charge in [0.15, 0.2) is 0 Å². The van der Waals surface area contributed by atoms with E-state index in [9.17, 15) is 0 Å². The Labute approximate surface area is 143 Å². The maximum Gasteiger partial charge on any atom is 0.137 e. The number of rotatable bonds is 5. The number of benzene rings is 1. The normalized spacial score (nSPS) is 11.6. The second kappa shape index (κ2) is 6.65. The quantitative estimate of drug-likeness (QED) is 0.706. The van der Waals surface area contributed by atoms with E-state index in [1.807, 2.05) is 26.0 Å². The predicted octanol–water partition coefficient (Wildman–Crippen LogP) is 4.16. The lowest BCUT2D eigenvalue weighted by Crippen LogP contribution is -2.13. The molecule has 2 aromatic heterocycles. The summed E-state index contributed by atoms with van der Waals surface area (Å²) in [5, 5.41) is 0. The van der Waals surface area contributed by atoms with E-state index in [2.05, 4.69) is 60.8 Å². The Balaban J connectivity index is 2.07. The molecule has 3 aromatic rings. The number of imidazole rings is 1. The topological polar surface area (TPSA) is 29.8 Å². The molecule has 4 heteroatoms. The van der Waals surface area contributed by atoms with Crippen LogP contribution in [-0.4, -0.2) is 34.5 Å². The third-order valence-electron chi connectivity index (χ3n) is 3.85. The largest absolute Gasteiger partial charge is 0.491 e. The Kier molecular flexibility index (Phi) is 4.58. The molecule has 0 fully saturated rings. The Hall–Kier alpha value is -2.33. The summed E-state index contributed by atoms with van der Waals surface area (Å²) >= 11 is 0. The van der Waals surface area contributed by atoms with E-state index in [-0.39, 0.29) is 6.10 Å². The molecule has 0 saturated carbocycles. The molecule has 2 heterocycles. The SMILES string of the molecule is Cc1ccn2c(CN(C)C)c(-c3ccc(OC(C)C)cc3)nc2c1. The monoisotopic (exact) mass is 323 g/mol. The third kappa shape index (κ3) is 3.44. The molecule has 0 aliphatic carbocycles. The van der Waals surface area contributed by atoms with Gasteiger partial charge in [-0.25, -0.2) is 4.98 Å². The van der Waals surface area contributed by atoms with Crippen LogP contribution < -0.4 is 4.74 Å². The fourth-order valence-electron chi connectivity index (χ4n) is 2.84. The average Bonchev–Trinajstić information content (AvgIpc) is 2.84.